The maximum atomic E-state index is 8.95. The Kier molecular flexibility index (Phi) is 13.3. The summed E-state index contributed by atoms with van der Waals surface area (Å²) >= 11 is 0. The standard InChI is InChI=1S/C26H29N3O4.C2H7N.2ClH/c1-18-24(32-21-5-2-20(16-27)3-6-21)9-7-22-23(28-33-26(18)22)8-4-19-10-12-29(13-11-19)17-25-30-14-15-31-25;1-3-2;;/h2-3,5-7,9,19,25H,4,8,10-15,17H2,1H3;3H,1-2H3;2*1H. The molecule has 208 valence electrons. The summed E-state index contributed by atoms with van der Waals surface area (Å²) in [5.41, 5.74) is 3.34. The maximum Gasteiger partial charge on any atom is 0.173 e. The lowest BCUT2D eigenvalue weighted by atomic mass is 9.91. The molecule has 0 saturated carbocycles. The summed E-state index contributed by atoms with van der Waals surface area (Å²) in [6, 6.07) is 13.2. The molecule has 2 saturated heterocycles. The molecule has 0 radical (unpaired) electrons. The molecule has 0 amide bonds. The summed E-state index contributed by atoms with van der Waals surface area (Å²) in [6.45, 7) is 6.51. The van der Waals surface area contributed by atoms with Crippen molar-refractivity contribution in [2.24, 2.45) is 5.92 Å². The van der Waals surface area contributed by atoms with Crippen molar-refractivity contribution in [3.63, 3.8) is 0 Å². The minimum absolute atomic E-state index is 0. The molecule has 5 rings (SSSR count). The second kappa shape index (κ2) is 15.9. The van der Waals surface area contributed by atoms with Crippen molar-refractivity contribution in [1.29, 1.82) is 5.26 Å². The van der Waals surface area contributed by atoms with E-state index in [-0.39, 0.29) is 31.1 Å². The average Bonchev–Trinajstić information content (AvgIpc) is 3.56. The Hall–Kier alpha value is -2.38. The minimum atomic E-state index is -0.0444. The number of nitriles is 1. The number of ether oxygens (including phenoxy) is 3. The highest BCUT2D eigenvalue weighted by Gasteiger charge is 2.25. The van der Waals surface area contributed by atoms with Crippen LogP contribution in [0.5, 0.6) is 11.5 Å². The highest BCUT2D eigenvalue weighted by atomic mass is 35.5. The van der Waals surface area contributed by atoms with Crippen LogP contribution in [0.3, 0.4) is 0 Å². The Bertz CT molecular complexity index is 1150. The van der Waals surface area contributed by atoms with Gasteiger partial charge in [-0.25, -0.2) is 0 Å². The molecule has 8 nitrogen and oxygen atoms in total. The SMILES string of the molecule is CNC.Cc1c(Oc2ccc(C#N)cc2)ccc2c(CCC3CCN(CC4OCCO4)CC3)noc12.Cl.Cl. The fraction of sp³-hybridized carbons (Fsp3) is 0.500. The van der Waals surface area contributed by atoms with Crippen molar-refractivity contribution >= 4 is 35.8 Å². The van der Waals surface area contributed by atoms with Gasteiger partial charge in [0.05, 0.1) is 30.5 Å². The molecule has 38 heavy (non-hydrogen) atoms. The zero-order valence-corrected chi connectivity index (χ0v) is 23.9. The third kappa shape index (κ3) is 8.31. The van der Waals surface area contributed by atoms with Crippen molar-refractivity contribution in [3.05, 3.63) is 53.2 Å². The lowest BCUT2D eigenvalue weighted by molar-refractivity contribution is -0.0661. The highest BCUT2D eigenvalue weighted by molar-refractivity contribution is 5.86. The van der Waals surface area contributed by atoms with Crippen molar-refractivity contribution < 1.29 is 18.7 Å². The van der Waals surface area contributed by atoms with E-state index in [4.69, 9.17) is 24.0 Å². The first kappa shape index (κ1) is 31.8. The number of fused-ring (bicyclic) bond motifs is 1. The van der Waals surface area contributed by atoms with Gasteiger partial charge in [0.2, 0.25) is 0 Å². The van der Waals surface area contributed by atoms with Crippen LogP contribution >= 0.6 is 24.8 Å². The third-order valence-electron chi connectivity index (χ3n) is 6.72. The van der Waals surface area contributed by atoms with Crippen LogP contribution in [-0.2, 0) is 15.9 Å². The quantitative estimate of drug-likeness (QED) is 0.402. The molecular weight excluding hydrogens is 527 g/mol. The molecule has 2 aliphatic rings. The lowest BCUT2D eigenvalue weighted by Gasteiger charge is -2.32. The summed E-state index contributed by atoms with van der Waals surface area (Å²) in [5.74, 6) is 2.13. The van der Waals surface area contributed by atoms with E-state index in [1.165, 1.54) is 12.8 Å². The molecule has 1 aromatic heterocycles. The molecule has 0 bridgehead atoms. The molecule has 2 fully saturated rings. The van der Waals surface area contributed by atoms with Gasteiger partial charge in [-0.1, -0.05) is 5.16 Å². The van der Waals surface area contributed by atoms with Gasteiger partial charge in [-0.3, -0.25) is 4.90 Å². The number of piperidine rings is 1. The average molecular weight is 566 g/mol. The third-order valence-corrected chi connectivity index (χ3v) is 6.72. The molecule has 0 aliphatic carbocycles. The number of rotatable bonds is 7. The van der Waals surface area contributed by atoms with Gasteiger partial charge in [0.1, 0.15) is 11.5 Å². The molecular formula is C28H38Cl2N4O4. The van der Waals surface area contributed by atoms with Gasteiger partial charge in [0, 0.05) is 17.5 Å². The van der Waals surface area contributed by atoms with Gasteiger partial charge in [-0.05, 0) is 102 Å². The van der Waals surface area contributed by atoms with Crippen LogP contribution in [0.2, 0.25) is 0 Å². The van der Waals surface area contributed by atoms with E-state index >= 15 is 0 Å². The first-order chi connectivity index (χ1) is 17.6. The van der Waals surface area contributed by atoms with Crippen LogP contribution < -0.4 is 10.1 Å². The van der Waals surface area contributed by atoms with Gasteiger partial charge < -0.3 is 24.1 Å². The number of likely N-dealkylation sites (tertiary alicyclic amines) is 1. The normalized spacial score (nSPS) is 16.2. The molecule has 0 atom stereocenters. The number of nitrogens with one attached hydrogen (secondary N) is 1. The van der Waals surface area contributed by atoms with Gasteiger partial charge in [0.25, 0.3) is 0 Å². The lowest BCUT2D eigenvalue weighted by Crippen LogP contribution is -2.39. The van der Waals surface area contributed by atoms with Gasteiger partial charge in [-0.15, -0.1) is 24.8 Å². The molecule has 3 aromatic rings. The van der Waals surface area contributed by atoms with E-state index in [1.807, 2.05) is 33.2 Å². The Labute approximate surface area is 237 Å². The Morgan fingerprint density at radius 2 is 1.71 bits per heavy atom. The molecule has 1 N–H and O–H groups in total. The molecule has 0 unspecified atom stereocenters. The number of halogens is 2. The summed E-state index contributed by atoms with van der Waals surface area (Å²) in [6.07, 6.45) is 4.39. The van der Waals surface area contributed by atoms with E-state index in [0.717, 1.165) is 73.7 Å². The van der Waals surface area contributed by atoms with Crippen LogP contribution in [0.25, 0.3) is 11.0 Å². The zero-order chi connectivity index (χ0) is 25.3. The minimum Gasteiger partial charge on any atom is -0.457 e. The smallest absolute Gasteiger partial charge is 0.173 e. The van der Waals surface area contributed by atoms with Crippen LogP contribution in [0, 0.1) is 24.2 Å². The topological polar surface area (TPSA) is 92.8 Å². The number of hydrogen-bond donors (Lipinski definition) is 1. The second-order valence-corrected chi connectivity index (χ2v) is 9.39. The number of aryl methyl sites for hydroxylation is 2. The molecule has 10 heteroatoms. The number of aromatic nitrogens is 1. The number of hydrogen-bond acceptors (Lipinski definition) is 8. The largest absolute Gasteiger partial charge is 0.457 e. The monoisotopic (exact) mass is 564 g/mol. The van der Waals surface area contributed by atoms with Gasteiger partial charge >= 0.3 is 0 Å². The van der Waals surface area contributed by atoms with E-state index in [1.54, 1.807) is 24.3 Å². The Morgan fingerprint density at radius 3 is 2.34 bits per heavy atom. The molecule has 2 aromatic carbocycles. The Morgan fingerprint density at radius 1 is 1.05 bits per heavy atom. The zero-order valence-electron chi connectivity index (χ0n) is 22.3. The van der Waals surface area contributed by atoms with E-state index in [0.29, 0.717) is 17.2 Å². The second-order valence-electron chi connectivity index (χ2n) is 9.39. The van der Waals surface area contributed by atoms with Gasteiger partial charge in [-0.2, -0.15) is 5.26 Å². The van der Waals surface area contributed by atoms with Crippen LogP contribution in [-0.4, -0.2) is 63.3 Å². The van der Waals surface area contributed by atoms with Crippen molar-refractivity contribution in [2.75, 3.05) is 46.9 Å². The molecule has 0 spiro atoms. The van der Waals surface area contributed by atoms with Gasteiger partial charge in [0.15, 0.2) is 11.9 Å². The first-order valence-corrected chi connectivity index (χ1v) is 12.7. The van der Waals surface area contributed by atoms with Crippen molar-refractivity contribution in [2.45, 2.75) is 38.9 Å². The summed E-state index contributed by atoms with van der Waals surface area (Å²) < 4.78 is 22.9. The fourth-order valence-electron chi connectivity index (χ4n) is 4.71. The number of benzene rings is 2. The van der Waals surface area contributed by atoms with E-state index in [9.17, 15) is 0 Å². The summed E-state index contributed by atoms with van der Waals surface area (Å²) in [4.78, 5) is 2.46. The predicted octanol–water partition coefficient (Wildman–Crippen LogP) is 5.50. The van der Waals surface area contributed by atoms with Crippen molar-refractivity contribution in [3.8, 4) is 17.6 Å². The van der Waals surface area contributed by atoms with E-state index < -0.39 is 0 Å². The predicted molar refractivity (Wildman–Crippen MR) is 153 cm³/mol. The first-order valence-electron chi connectivity index (χ1n) is 12.7. The number of nitrogens with zero attached hydrogens (tertiary/aromatic N) is 3. The maximum absolute atomic E-state index is 8.95. The fourth-order valence-corrected chi connectivity index (χ4v) is 4.71. The Balaban J connectivity index is 0.000000969. The van der Waals surface area contributed by atoms with Crippen LogP contribution in [0.1, 0.15) is 36.1 Å². The highest BCUT2D eigenvalue weighted by Crippen LogP contribution is 2.33. The molecule has 3 heterocycles. The van der Waals surface area contributed by atoms with Crippen LogP contribution in [0.15, 0.2) is 40.9 Å². The summed E-state index contributed by atoms with van der Waals surface area (Å²) in [7, 11) is 3.75. The molecule has 2 aliphatic heterocycles. The van der Waals surface area contributed by atoms with Crippen molar-refractivity contribution in [1.82, 2.24) is 15.4 Å². The summed E-state index contributed by atoms with van der Waals surface area (Å²) in [5, 5.41) is 17.1. The van der Waals surface area contributed by atoms with Crippen LogP contribution in [0.4, 0.5) is 0 Å². The van der Waals surface area contributed by atoms with E-state index in [2.05, 4.69) is 21.4 Å².